The minimum Gasteiger partial charge on any atom is -0.380 e. The normalized spacial score (nSPS) is 13.7. The molecule has 2 N–H and O–H groups in total. The summed E-state index contributed by atoms with van der Waals surface area (Å²) in [7, 11) is 0. The molecule has 2 heteroatoms. The fourth-order valence-electron chi connectivity index (χ4n) is 0.723. The van der Waals surface area contributed by atoms with Gasteiger partial charge in [0.2, 0.25) is 0 Å². The Morgan fingerprint density at radius 1 is 1.44 bits per heavy atom. The highest BCUT2D eigenvalue weighted by atomic mass is 16.5. The van der Waals surface area contributed by atoms with Gasteiger partial charge in [-0.2, -0.15) is 0 Å². The van der Waals surface area contributed by atoms with Crippen LogP contribution in [0.5, 0.6) is 0 Å². The zero-order chi connectivity index (χ0) is 7.11. The average Bonchev–Trinajstić information content (AvgIpc) is 1.85. The number of rotatable bonds is 5. The standard InChI is InChI=1S/C7H17NO/c1-3-5-7(8)6-9-4-2/h7H,3-6,8H2,1-2H3/t7-/m0/s1. The van der Waals surface area contributed by atoms with Crippen molar-refractivity contribution in [2.75, 3.05) is 13.2 Å². The molecular formula is C7H17NO. The fraction of sp³-hybridized carbons (Fsp3) is 1.00. The van der Waals surface area contributed by atoms with E-state index in [1.165, 1.54) is 0 Å². The van der Waals surface area contributed by atoms with E-state index in [0.29, 0.717) is 6.61 Å². The van der Waals surface area contributed by atoms with E-state index >= 15 is 0 Å². The summed E-state index contributed by atoms with van der Waals surface area (Å²) in [5.74, 6) is 0. The minimum absolute atomic E-state index is 0.245. The van der Waals surface area contributed by atoms with E-state index in [0.717, 1.165) is 19.4 Å². The molecular weight excluding hydrogens is 114 g/mol. The molecule has 0 aromatic carbocycles. The second-order valence-electron chi connectivity index (χ2n) is 2.21. The molecule has 2 nitrogen and oxygen atoms in total. The maximum atomic E-state index is 5.65. The van der Waals surface area contributed by atoms with Gasteiger partial charge in [-0.05, 0) is 13.3 Å². The minimum atomic E-state index is 0.245. The maximum absolute atomic E-state index is 5.65. The Bertz CT molecular complexity index is 56.9. The molecule has 0 amide bonds. The molecule has 0 bridgehead atoms. The molecule has 0 rings (SSSR count). The van der Waals surface area contributed by atoms with Crippen molar-refractivity contribution in [1.82, 2.24) is 0 Å². The van der Waals surface area contributed by atoms with E-state index < -0.39 is 0 Å². The van der Waals surface area contributed by atoms with Crippen LogP contribution in [0.3, 0.4) is 0 Å². The van der Waals surface area contributed by atoms with Crippen molar-refractivity contribution in [3.05, 3.63) is 0 Å². The second-order valence-corrected chi connectivity index (χ2v) is 2.21. The summed E-state index contributed by atoms with van der Waals surface area (Å²) in [6, 6.07) is 0.245. The van der Waals surface area contributed by atoms with Gasteiger partial charge in [0.15, 0.2) is 0 Å². The predicted molar refractivity (Wildman–Crippen MR) is 39.4 cm³/mol. The van der Waals surface area contributed by atoms with Crippen LogP contribution in [0, 0.1) is 0 Å². The molecule has 0 saturated heterocycles. The van der Waals surface area contributed by atoms with E-state index in [2.05, 4.69) is 6.92 Å². The molecule has 0 heterocycles. The van der Waals surface area contributed by atoms with Crippen LogP contribution in [-0.2, 0) is 4.74 Å². The van der Waals surface area contributed by atoms with Crippen molar-refractivity contribution in [3.63, 3.8) is 0 Å². The van der Waals surface area contributed by atoms with Crippen LogP contribution in [0.2, 0.25) is 0 Å². The van der Waals surface area contributed by atoms with E-state index in [1.54, 1.807) is 0 Å². The van der Waals surface area contributed by atoms with Crippen LogP contribution in [0.1, 0.15) is 26.7 Å². The van der Waals surface area contributed by atoms with E-state index in [-0.39, 0.29) is 6.04 Å². The summed E-state index contributed by atoms with van der Waals surface area (Å²) >= 11 is 0. The molecule has 0 spiro atoms. The molecule has 0 aliphatic carbocycles. The molecule has 1 atom stereocenters. The highest BCUT2D eigenvalue weighted by Gasteiger charge is 1.97. The lowest BCUT2D eigenvalue weighted by Gasteiger charge is -2.08. The van der Waals surface area contributed by atoms with Gasteiger partial charge in [-0.15, -0.1) is 0 Å². The van der Waals surface area contributed by atoms with E-state index in [9.17, 15) is 0 Å². The molecule has 0 saturated carbocycles. The van der Waals surface area contributed by atoms with Crippen LogP contribution in [0.15, 0.2) is 0 Å². The highest BCUT2D eigenvalue weighted by molar-refractivity contribution is 4.57. The Balaban J connectivity index is 2.95. The number of hydrogen-bond donors (Lipinski definition) is 1. The Morgan fingerprint density at radius 3 is 2.56 bits per heavy atom. The first-order valence-electron chi connectivity index (χ1n) is 3.64. The molecule has 0 radical (unpaired) electrons. The number of ether oxygens (including phenoxy) is 1. The molecule has 0 aromatic rings. The Kier molecular flexibility index (Phi) is 5.99. The summed E-state index contributed by atoms with van der Waals surface area (Å²) in [5.41, 5.74) is 5.65. The van der Waals surface area contributed by atoms with Crippen molar-refractivity contribution in [1.29, 1.82) is 0 Å². The monoisotopic (exact) mass is 131 g/mol. The van der Waals surface area contributed by atoms with Crippen LogP contribution in [0.4, 0.5) is 0 Å². The number of nitrogens with two attached hydrogens (primary N) is 1. The summed E-state index contributed by atoms with van der Waals surface area (Å²) in [6.45, 7) is 5.60. The Hall–Kier alpha value is -0.0800. The van der Waals surface area contributed by atoms with E-state index in [4.69, 9.17) is 10.5 Å². The van der Waals surface area contributed by atoms with Crippen LogP contribution in [-0.4, -0.2) is 19.3 Å². The molecule has 0 unspecified atom stereocenters. The largest absolute Gasteiger partial charge is 0.380 e. The molecule has 0 aliphatic heterocycles. The van der Waals surface area contributed by atoms with Crippen molar-refractivity contribution in [2.45, 2.75) is 32.7 Å². The smallest absolute Gasteiger partial charge is 0.0617 e. The maximum Gasteiger partial charge on any atom is 0.0617 e. The summed E-state index contributed by atoms with van der Waals surface area (Å²) in [5, 5.41) is 0. The van der Waals surface area contributed by atoms with Crippen molar-refractivity contribution < 1.29 is 4.74 Å². The van der Waals surface area contributed by atoms with Gasteiger partial charge in [-0.25, -0.2) is 0 Å². The first kappa shape index (κ1) is 8.92. The van der Waals surface area contributed by atoms with Gasteiger partial charge in [0.25, 0.3) is 0 Å². The topological polar surface area (TPSA) is 35.2 Å². The van der Waals surface area contributed by atoms with Gasteiger partial charge in [0.05, 0.1) is 6.61 Å². The van der Waals surface area contributed by atoms with Gasteiger partial charge >= 0.3 is 0 Å². The lowest BCUT2D eigenvalue weighted by Crippen LogP contribution is -2.25. The summed E-state index contributed by atoms with van der Waals surface area (Å²) in [4.78, 5) is 0. The van der Waals surface area contributed by atoms with Crippen LogP contribution < -0.4 is 5.73 Å². The van der Waals surface area contributed by atoms with Crippen LogP contribution in [0.25, 0.3) is 0 Å². The first-order chi connectivity index (χ1) is 4.31. The lowest BCUT2D eigenvalue weighted by atomic mass is 10.2. The van der Waals surface area contributed by atoms with Crippen LogP contribution >= 0.6 is 0 Å². The van der Waals surface area contributed by atoms with Gasteiger partial charge < -0.3 is 10.5 Å². The third-order valence-corrected chi connectivity index (χ3v) is 1.20. The molecule has 9 heavy (non-hydrogen) atoms. The quantitative estimate of drug-likeness (QED) is 0.607. The Morgan fingerprint density at radius 2 is 2.11 bits per heavy atom. The van der Waals surface area contributed by atoms with Crippen molar-refractivity contribution in [3.8, 4) is 0 Å². The zero-order valence-corrected chi connectivity index (χ0v) is 6.39. The first-order valence-corrected chi connectivity index (χ1v) is 3.64. The Labute approximate surface area is 57.4 Å². The van der Waals surface area contributed by atoms with E-state index in [1.807, 2.05) is 6.92 Å². The highest BCUT2D eigenvalue weighted by Crippen LogP contribution is 1.92. The molecule has 0 aliphatic rings. The SMILES string of the molecule is CCC[C@H](N)COCC. The van der Waals surface area contributed by atoms with Crippen molar-refractivity contribution in [2.24, 2.45) is 5.73 Å². The van der Waals surface area contributed by atoms with Gasteiger partial charge in [0.1, 0.15) is 0 Å². The van der Waals surface area contributed by atoms with Gasteiger partial charge in [0, 0.05) is 12.6 Å². The molecule has 0 aromatic heterocycles. The molecule has 0 fully saturated rings. The summed E-state index contributed by atoms with van der Waals surface area (Å²) < 4.78 is 5.12. The third kappa shape index (κ3) is 5.80. The third-order valence-electron chi connectivity index (χ3n) is 1.20. The average molecular weight is 131 g/mol. The number of hydrogen-bond acceptors (Lipinski definition) is 2. The van der Waals surface area contributed by atoms with Crippen molar-refractivity contribution >= 4 is 0 Å². The fourth-order valence-corrected chi connectivity index (χ4v) is 0.723. The zero-order valence-electron chi connectivity index (χ0n) is 6.39. The molecule has 56 valence electrons. The lowest BCUT2D eigenvalue weighted by molar-refractivity contribution is 0.130. The van der Waals surface area contributed by atoms with Gasteiger partial charge in [-0.1, -0.05) is 13.3 Å². The predicted octanol–water partition coefficient (Wildman–Crippen LogP) is 1.15. The summed E-state index contributed by atoms with van der Waals surface area (Å²) in [6.07, 6.45) is 2.22. The second kappa shape index (κ2) is 6.05. The van der Waals surface area contributed by atoms with Gasteiger partial charge in [-0.3, -0.25) is 0 Å².